The minimum absolute atomic E-state index is 0.0356. The molecule has 1 saturated heterocycles. The van der Waals surface area contributed by atoms with E-state index in [2.05, 4.69) is 15.6 Å². The Hall–Kier alpha value is -2.57. The zero-order valence-electron chi connectivity index (χ0n) is 14.3. The van der Waals surface area contributed by atoms with E-state index >= 15 is 0 Å². The normalized spacial score (nSPS) is 15.0. The molecule has 0 spiro atoms. The SMILES string of the molecule is CC(C)(C)NC(=O)N1CC(n2cc(COc3ccccc3)nn2)C1. The summed E-state index contributed by atoms with van der Waals surface area (Å²) in [4.78, 5) is 13.8. The number of nitrogens with one attached hydrogen (secondary N) is 1. The maximum Gasteiger partial charge on any atom is 0.317 e. The molecule has 0 radical (unpaired) electrons. The first-order valence-electron chi connectivity index (χ1n) is 8.06. The van der Waals surface area contributed by atoms with Gasteiger partial charge in [0.05, 0.1) is 12.2 Å². The van der Waals surface area contributed by atoms with Crippen molar-refractivity contribution in [3.8, 4) is 5.75 Å². The molecular weight excluding hydrogens is 306 g/mol. The maximum atomic E-state index is 12.0. The molecule has 0 atom stereocenters. The molecule has 2 amide bonds. The van der Waals surface area contributed by atoms with Gasteiger partial charge in [-0.2, -0.15) is 0 Å². The summed E-state index contributed by atoms with van der Waals surface area (Å²) in [6.07, 6.45) is 1.88. The van der Waals surface area contributed by atoms with E-state index in [1.165, 1.54) is 0 Å². The molecule has 0 unspecified atom stereocenters. The smallest absolute Gasteiger partial charge is 0.317 e. The summed E-state index contributed by atoms with van der Waals surface area (Å²) in [7, 11) is 0. The predicted molar refractivity (Wildman–Crippen MR) is 89.7 cm³/mol. The van der Waals surface area contributed by atoms with Crippen LogP contribution >= 0.6 is 0 Å². The van der Waals surface area contributed by atoms with Crippen LogP contribution in [-0.4, -0.2) is 44.6 Å². The zero-order chi connectivity index (χ0) is 17.2. The summed E-state index contributed by atoms with van der Waals surface area (Å²) in [5.74, 6) is 0.806. The molecule has 0 aliphatic carbocycles. The molecule has 1 aromatic heterocycles. The van der Waals surface area contributed by atoms with Crippen LogP contribution in [0.3, 0.4) is 0 Å². The molecule has 7 nitrogen and oxygen atoms in total. The number of carbonyl (C=O) groups is 1. The molecule has 1 fully saturated rings. The van der Waals surface area contributed by atoms with Gasteiger partial charge in [-0.05, 0) is 32.9 Å². The molecule has 2 aromatic rings. The Bertz CT molecular complexity index is 687. The van der Waals surface area contributed by atoms with Crippen LogP contribution in [-0.2, 0) is 6.61 Å². The third-order valence-electron chi connectivity index (χ3n) is 3.69. The minimum Gasteiger partial charge on any atom is -0.487 e. The number of hydrogen-bond donors (Lipinski definition) is 1. The fourth-order valence-electron chi connectivity index (χ4n) is 2.42. The number of carbonyl (C=O) groups excluding carboxylic acids is 1. The fraction of sp³-hybridized carbons (Fsp3) is 0.471. The van der Waals surface area contributed by atoms with Crippen molar-refractivity contribution in [1.29, 1.82) is 0 Å². The standard InChI is InChI=1S/C17H23N5O2/c1-17(2,3)18-16(23)21-10-14(11-21)22-9-13(19-20-22)12-24-15-7-5-4-6-8-15/h4-9,14H,10-12H2,1-3H3,(H,18,23). The molecule has 0 bridgehead atoms. The van der Waals surface area contributed by atoms with Gasteiger partial charge in [-0.1, -0.05) is 23.4 Å². The Morgan fingerprint density at radius 1 is 1.29 bits per heavy atom. The van der Waals surface area contributed by atoms with Crippen LogP contribution in [0.2, 0.25) is 0 Å². The van der Waals surface area contributed by atoms with Crippen LogP contribution < -0.4 is 10.1 Å². The number of likely N-dealkylation sites (tertiary alicyclic amines) is 1. The van der Waals surface area contributed by atoms with Crippen LogP contribution in [0.4, 0.5) is 4.79 Å². The van der Waals surface area contributed by atoms with Crippen molar-refractivity contribution in [3.05, 3.63) is 42.2 Å². The first-order valence-corrected chi connectivity index (χ1v) is 8.06. The number of para-hydroxylation sites is 1. The monoisotopic (exact) mass is 329 g/mol. The average Bonchev–Trinajstić information content (AvgIpc) is 2.91. The van der Waals surface area contributed by atoms with Gasteiger partial charge in [-0.15, -0.1) is 5.10 Å². The second-order valence-corrected chi connectivity index (χ2v) is 7.03. The van der Waals surface area contributed by atoms with E-state index in [0.29, 0.717) is 19.7 Å². The van der Waals surface area contributed by atoms with Crippen LogP contribution in [0.5, 0.6) is 5.75 Å². The van der Waals surface area contributed by atoms with E-state index in [1.807, 2.05) is 62.0 Å². The lowest BCUT2D eigenvalue weighted by molar-refractivity contribution is 0.112. The lowest BCUT2D eigenvalue weighted by Crippen LogP contribution is -2.57. The van der Waals surface area contributed by atoms with E-state index in [4.69, 9.17) is 4.74 Å². The van der Waals surface area contributed by atoms with Gasteiger partial charge in [0.2, 0.25) is 0 Å². The number of benzene rings is 1. The van der Waals surface area contributed by atoms with Gasteiger partial charge in [0.15, 0.2) is 0 Å². The first kappa shape index (κ1) is 16.3. The topological polar surface area (TPSA) is 72.3 Å². The Morgan fingerprint density at radius 2 is 2.00 bits per heavy atom. The summed E-state index contributed by atoms with van der Waals surface area (Å²) in [5.41, 5.74) is 0.550. The number of amides is 2. The molecule has 1 aromatic carbocycles. The average molecular weight is 329 g/mol. The van der Waals surface area contributed by atoms with Crippen molar-refractivity contribution in [1.82, 2.24) is 25.2 Å². The Balaban J connectivity index is 1.48. The fourth-order valence-corrected chi connectivity index (χ4v) is 2.42. The van der Waals surface area contributed by atoms with Crippen molar-refractivity contribution < 1.29 is 9.53 Å². The highest BCUT2D eigenvalue weighted by molar-refractivity contribution is 5.75. The lowest BCUT2D eigenvalue weighted by Gasteiger charge is -2.40. The second kappa shape index (κ2) is 6.51. The number of nitrogens with zero attached hydrogens (tertiary/aromatic N) is 4. The zero-order valence-corrected chi connectivity index (χ0v) is 14.3. The van der Waals surface area contributed by atoms with Crippen LogP contribution in [0.1, 0.15) is 32.5 Å². The molecule has 0 saturated carbocycles. The van der Waals surface area contributed by atoms with Crippen molar-refractivity contribution in [2.45, 2.75) is 39.0 Å². The highest BCUT2D eigenvalue weighted by Gasteiger charge is 2.34. The third-order valence-corrected chi connectivity index (χ3v) is 3.69. The van der Waals surface area contributed by atoms with Gasteiger partial charge in [0.1, 0.15) is 18.1 Å². The van der Waals surface area contributed by atoms with Crippen LogP contribution in [0.15, 0.2) is 36.5 Å². The third kappa shape index (κ3) is 4.04. The van der Waals surface area contributed by atoms with E-state index in [1.54, 1.807) is 4.90 Å². The van der Waals surface area contributed by atoms with E-state index in [-0.39, 0.29) is 17.6 Å². The quantitative estimate of drug-likeness (QED) is 0.933. The number of rotatable bonds is 4. The Kier molecular flexibility index (Phi) is 4.42. The molecule has 1 N–H and O–H groups in total. The summed E-state index contributed by atoms with van der Waals surface area (Å²) < 4.78 is 7.47. The molecule has 128 valence electrons. The van der Waals surface area contributed by atoms with E-state index in [0.717, 1.165) is 11.4 Å². The van der Waals surface area contributed by atoms with Crippen molar-refractivity contribution in [2.75, 3.05) is 13.1 Å². The number of aromatic nitrogens is 3. The van der Waals surface area contributed by atoms with Crippen molar-refractivity contribution in [3.63, 3.8) is 0 Å². The second-order valence-electron chi connectivity index (χ2n) is 7.03. The molecule has 7 heteroatoms. The first-order chi connectivity index (χ1) is 11.4. The minimum atomic E-state index is -0.225. The van der Waals surface area contributed by atoms with Gasteiger partial charge in [0, 0.05) is 18.6 Å². The molecule has 2 heterocycles. The number of ether oxygens (including phenoxy) is 1. The van der Waals surface area contributed by atoms with Gasteiger partial charge in [-0.25, -0.2) is 9.48 Å². The molecular formula is C17H23N5O2. The Morgan fingerprint density at radius 3 is 2.67 bits per heavy atom. The largest absolute Gasteiger partial charge is 0.487 e. The van der Waals surface area contributed by atoms with E-state index in [9.17, 15) is 4.79 Å². The van der Waals surface area contributed by atoms with Gasteiger partial charge in [0.25, 0.3) is 0 Å². The summed E-state index contributed by atoms with van der Waals surface area (Å²) in [6, 6.07) is 9.75. The van der Waals surface area contributed by atoms with Crippen LogP contribution in [0, 0.1) is 0 Å². The highest BCUT2D eigenvalue weighted by atomic mass is 16.5. The molecule has 3 rings (SSSR count). The number of urea groups is 1. The van der Waals surface area contributed by atoms with Gasteiger partial charge >= 0.3 is 6.03 Å². The summed E-state index contributed by atoms with van der Waals surface area (Å²) in [5, 5.41) is 11.2. The van der Waals surface area contributed by atoms with Gasteiger partial charge in [-0.3, -0.25) is 0 Å². The summed E-state index contributed by atoms with van der Waals surface area (Å²) in [6.45, 7) is 7.58. The summed E-state index contributed by atoms with van der Waals surface area (Å²) >= 11 is 0. The lowest BCUT2D eigenvalue weighted by atomic mass is 10.1. The van der Waals surface area contributed by atoms with Gasteiger partial charge < -0.3 is 15.0 Å². The van der Waals surface area contributed by atoms with E-state index < -0.39 is 0 Å². The molecule has 1 aliphatic heterocycles. The Labute approximate surface area is 141 Å². The highest BCUT2D eigenvalue weighted by Crippen LogP contribution is 2.21. The van der Waals surface area contributed by atoms with Crippen LogP contribution in [0.25, 0.3) is 0 Å². The number of hydrogen-bond acceptors (Lipinski definition) is 4. The molecule has 1 aliphatic rings. The van der Waals surface area contributed by atoms with Crippen molar-refractivity contribution in [2.24, 2.45) is 0 Å². The van der Waals surface area contributed by atoms with Crippen molar-refractivity contribution >= 4 is 6.03 Å². The maximum absolute atomic E-state index is 12.0. The molecule has 24 heavy (non-hydrogen) atoms. The predicted octanol–water partition coefficient (Wildman–Crippen LogP) is 2.22.